The number of aryl methyl sites for hydroxylation is 2. The van der Waals surface area contributed by atoms with E-state index in [1.807, 2.05) is 19.9 Å². The molecule has 0 unspecified atom stereocenters. The molecule has 1 amide bonds. The molecule has 1 atom stereocenters. The lowest BCUT2D eigenvalue weighted by molar-refractivity contribution is -0.124. The predicted octanol–water partition coefficient (Wildman–Crippen LogP) is 1.76. The molecule has 1 N–H and O–H groups in total. The first-order chi connectivity index (χ1) is 10.0. The van der Waals surface area contributed by atoms with E-state index in [0.717, 1.165) is 30.6 Å². The van der Waals surface area contributed by atoms with E-state index in [-0.39, 0.29) is 18.6 Å². The Kier molecular flexibility index (Phi) is 5.33. The number of esters is 1. The third-order valence-corrected chi connectivity index (χ3v) is 3.34. The highest BCUT2D eigenvalue weighted by Crippen LogP contribution is 2.11. The summed E-state index contributed by atoms with van der Waals surface area (Å²) in [6, 6.07) is 5.48. The van der Waals surface area contributed by atoms with Crippen molar-refractivity contribution < 1.29 is 19.1 Å². The van der Waals surface area contributed by atoms with E-state index in [1.54, 1.807) is 12.1 Å². The standard InChI is InChI=1S/C16H21NO4/c1-11-6-12(2)8-13(7-11)16(19)21-10-15(18)17-9-14-4-3-5-20-14/h6-8,14H,3-5,9-10H2,1-2H3,(H,17,18)/t14-/m0/s1. The van der Waals surface area contributed by atoms with E-state index in [2.05, 4.69) is 5.32 Å². The Hall–Kier alpha value is -1.88. The number of amides is 1. The Labute approximate surface area is 124 Å². The predicted molar refractivity (Wildman–Crippen MR) is 78.2 cm³/mol. The van der Waals surface area contributed by atoms with Crippen LogP contribution in [0.25, 0.3) is 0 Å². The number of nitrogens with one attached hydrogen (secondary N) is 1. The molecule has 0 spiro atoms. The minimum Gasteiger partial charge on any atom is -0.452 e. The van der Waals surface area contributed by atoms with Gasteiger partial charge in [0.15, 0.2) is 6.61 Å². The van der Waals surface area contributed by atoms with Crippen molar-refractivity contribution in [1.82, 2.24) is 5.32 Å². The van der Waals surface area contributed by atoms with Gasteiger partial charge in [-0.25, -0.2) is 4.79 Å². The molecule has 0 aromatic heterocycles. The first kappa shape index (κ1) is 15.5. The molecule has 1 saturated heterocycles. The van der Waals surface area contributed by atoms with Gasteiger partial charge in [0.1, 0.15) is 0 Å². The van der Waals surface area contributed by atoms with Crippen LogP contribution >= 0.6 is 0 Å². The minimum absolute atomic E-state index is 0.0871. The highest BCUT2D eigenvalue weighted by Gasteiger charge is 2.17. The molecule has 0 saturated carbocycles. The summed E-state index contributed by atoms with van der Waals surface area (Å²) in [6.07, 6.45) is 2.08. The lowest BCUT2D eigenvalue weighted by Crippen LogP contribution is -2.34. The second-order valence-electron chi connectivity index (χ2n) is 5.39. The molecule has 1 heterocycles. The van der Waals surface area contributed by atoms with Gasteiger partial charge in [0.25, 0.3) is 5.91 Å². The van der Waals surface area contributed by atoms with Crippen LogP contribution in [0.3, 0.4) is 0 Å². The maximum absolute atomic E-state index is 11.9. The lowest BCUT2D eigenvalue weighted by Gasteiger charge is -2.11. The molecule has 5 nitrogen and oxygen atoms in total. The van der Waals surface area contributed by atoms with E-state index < -0.39 is 5.97 Å². The number of rotatable bonds is 5. The zero-order chi connectivity index (χ0) is 15.2. The molecule has 1 aliphatic rings. The number of benzene rings is 1. The van der Waals surface area contributed by atoms with Gasteiger partial charge in [-0.05, 0) is 38.8 Å². The fraction of sp³-hybridized carbons (Fsp3) is 0.500. The monoisotopic (exact) mass is 291 g/mol. The number of hydrogen-bond acceptors (Lipinski definition) is 4. The van der Waals surface area contributed by atoms with Crippen LogP contribution in [0.1, 0.15) is 34.3 Å². The van der Waals surface area contributed by atoms with Crippen molar-refractivity contribution in [3.63, 3.8) is 0 Å². The minimum atomic E-state index is -0.478. The first-order valence-corrected chi connectivity index (χ1v) is 7.18. The summed E-state index contributed by atoms with van der Waals surface area (Å²) in [7, 11) is 0. The van der Waals surface area contributed by atoms with E-state index >= 15 is 0 Å². The van der Waals surface area contributed by atoms with Gasteiger partial charge < -0.3 is 14.8 Å². The maximum atomic E-state index is 11.9. The van der Waals surface area contributed by atoms with Gasteiger partial charge in [-0.3, -0.25) is 4.79 Å². The Morgan fingerprint density at radius 3 is 2.62 bits per heavy atom. The Morgan fingerprint density at radius 1 is 1.29 bits per heavy atom. The third kappa shape index (κ3) is 4.86. The van der Waals surface area contributed by atoms with Gasteiger partial charge in [-0.2, -0.15) is 0 Å². The molecule has 0 aliphatic carbocycles. The molecule has 2 rings (SSSR count). The zero-order valence-electron chi connectivity index (χ0n) is 12.5. The summed E-state index contributed by atoms with van der Waals surface area (Å²) in [5, 5.41) is 2.71. The Morgan fingerprint density at radius 2 is 2.00 bits per heavy atom. The lowest BCUT2D eigenvalue weighted by atomic mass is 10.1. The normalized spacial score (nSPS) is 17.5. The topological polar surface area (TPSA) is 64.6 Å². The van der Waals surface area contributed by atoms with Gasteiger partial charge >= 0.3 is 5.97 Å². The van der Waals surface area contributed by atoms with Crippen molar-refractivity contribution in [2.75, 3.05) is 19.8 Å². The highest BCUT2D eigenvalue weighted by molar-refractivity contribution is 5.91. The quantitative estimate of drug-likeness (QED) is 0.840. The smallest absolute Gasteiger partial charge is 0.338 e. The number of ether oxygens (including phenoxy) is 2. The average Bonchev–Trinajstić information content (AvgIpc) is 2.94. The van der Waals surface area contributed by atoms with E-state index in [9.17, 15) is 9.59 Å². The molecular weight excluding hydrogens is 270 g/mol. The second-order valence-corrected chi connectivity index (χ2v) is 5.39. The van der Waals surface area contributed by atoms with Crippen molar-refractivity contribution >= 4 is 11.9 Å². The highest BCUT2D eigenvalue weighted by atomic mass is 16.5. The molecule has 0 bridgehead atoms. The molecule has 114 valence electrons. The number of carbonyl (C=O) groups excluding carboxylic acids is 2. The summed E-state index contributed by atoms with van der Waals surface area (Å²) in [5.41, 5.74) is 2.45. The van der Waals surface area contributed by atoms with Crippen molar-refractivity contribution in [3.05, 3.63) is 34.9 Å². The molecule has 21 heavy (non-hydrogen) atoms. The molecule has 1 fully saturated rings. The zero-order valence-corrected chi connectivity index (χ0v) is 12.5. The second kappa shape index (κ2) is 7.22. The Bertz CT molecular complexity index is 501. The van der Waals surface area contributed by atoms with Gasteiger partial charge in [-0.1, -0.05) is 17.2 Å². The number of carbonyl (C=O) groups is 2. The maximum Gasteiger partial charge on any atom is 0.338 e. The van der Waals surface area contributed by atoms with Crippen molar-refractivity contribution in [1.29, 1.82) is 0 Å². The third-order valence-electron chi connectivity index (χ3n) is 3.34. The van der Waals surface area contributed by atoms with Crippen LogP contribution in [0, 0.1) is 13.8 Å². The van der Waals surface area contributed by atoms with Gasteiger partial charge in [0.2, 0.25) is 0 Å². The van der Waals surface area contributed by atoms with Gasteiger partial charge in [0, 0.05) is 13.2 Å². The molecular formula is C16H21NO4. The fourth-order valence-electron chi connectivity index (χ4n) is 2.39. The summed E-state index contributed by atoms with van der Waals surface area (Å²) < 4.78 is 10.4. The Balaban J connectivity index is 1.76. The molecule has 1 aromatic rings. The number of hydrogen-bond donors (Lipinski definition) is 1. The van der Waals surface area contributed by atoms with E-state index in [4.69, 9.17) is 9.47 Å². The average molecular weight is 291 g/mol. The van der Waals surface area contributed by atoms with Gasteiger partial charge in [0.05, 0.1) is 11.7 Å². The van der Waals surface area contributed by atoms with Crippen molar-refractivity contribution in [2.24, 2.45) is 0 Å². The van der Waals surface area contributed by atoms with Crippen LogP contribution in [0.2, 0.25) is 0 Å². The molecule has 0 radical (unpaired) electrons. The first-order valence-electron chi connectivity index (χ1n) is 7.18. The SMILES string of the molecule is Cc1cc(C)cc(C(=O)OCC(=O)NC[C@@H]2CCCO2)c1. The van der Waals surface area contributed by atoms with Crippen LogP contribution in [0.4, 0.5) is 0 Å². The van der Waals surface area contributed by atoms with Crippen molar-refractivity contribution in [3.8, 4) is 0 Å². The molecule has 1 aliphatic heterocycles. The van der Waals surface area contributed by atoms with E-state index in [1.165, 1.54) is 0 Å². The van der Waals surface area contributed by atoms with Crippen LogP contribution in [0.15, 0.2) is 18.2 Å². The van der Waals surface area contributed by atoms with Crippen LogP contribution in [-0.4, -0.2) is 37.7 Å². The van der Waals surface area contributed by atoms with Crippen LogP contribution < -0.4 is 5.32 Å². The van der Waals surface area contributed by atoms with Crippen LogP contribution in [0.5, 0.6) is 0 Å². The summed E-state index contributed by atoms with van der Waals surface area (Å²) in [6.45, 7) is 4.79. The summed E-state index contributed by atoms with van der Waals surface area (Å²) >= 11 is 0. The van der Waals surface area contributed by atoms with Crippen molar-refractivity contribution in [2.45, 2.75) is 32.8 Å². The summed E-state index contributed by atoms with van der Waals surface area (Å²) in [5.74, 6) is -0.780. The van der Waals surface area contributed by atoms with E-state index in [0.29, 0.717) is 12.1 Å². The summed E-state index contributed by atoms with van der Waals surface area (Å²) in [4.78, 5) is 23.5. The molecule has 5 heteroatoms. The molecule has 1 aromatic carbocycles. The van der Waals surface area contributed by atoms with Gasteiger partial charge in [-0.15, -0.1) is 0 Å². The fourth-order valence-corrected chi connectivity index (χ4v) is 2.39. The largest absolute Gasteiger partial charge is 0.452 e. The van der Waals surface area contributed by atoms with Crippen LogP contribution in [-0.2, 0) is 14.3 Å².